The predicted molar refractivity (Wildman–Crippen MR) is 93.1 cm³/mol. The number of terminal acetylenes is 1. The maximum absolute atomic E-state index is 13.1. The minimum absolute atomic E-state index is 0.00292. The average molecular weight is 370 g/mol. The fraction of sp³-hybridized carbons (Fsp3) is 0.105. The lowest BCUT2D eigenvalue weighted by Crippen LogP contribution is -2.34. The molecule has 27 heavy (non-hydrogen) atoms. The van der Waals surface area contributed by atoms with Crippen molar-refractivity contribution in [1.29, 1.82) is 0 Å². The van der Waals surface area contributed by atoms with Gasteiger partial charge in [-0.2, -0.15) is 18.3 Å². The highest BCUT2D eigenvalue weighted by atomic mass is 19.4. The molecule has 8 heteroatoms. The Bertz CT molecular complexity index is 1040. The van der Waals surface area contributed by atoms with E-state index in [1.807, 2.05) is 0 Å². The van der Waals surface area contributed by atoms with Crippen LogP contribution in [0.4, 0.5) is 13.2 Å². The SMILES string of the molecule is C#Cc1ccc(-c2cc(-c3ccc(C4(C(F)(F)F)NN4)cc3)[nH]n2)c(O)c1. The quantitative estimate of drug-likeness (QED) is 0.421. The summed E-state index contributed by atoms with van der Waals surface area (Å²) in [5.74, 6) is 2.43. The fourth-order valence-electron chi connectivity index (χ4n) is 2.86. The molecule has 1 aliphatic rings. The van der Waals surface area contributed by atoms with Crippen LogP contribution < -0.4 is 10.9 Å². The Balaban J connectivity index is 1.62. The number of rotatable bonds is 3. The standard InChI is InChI=1S/C19H13F3N4O/c1-2-11-3-8-14(17(27)9-11)16-10-15(23-24-16)12-4-6-13(7-5-12)18(25-26-18)19(20,21)22/h1,3-10,25-27H,(H,23,24). The van der Waals surface area contributed by atoms with Gasteiger partial charge in [-0.1, -0.05) is 30.2 Å². The molecule has 0 atom stereocenters. The van der Waals surface area contributed by atoms with Crippen molar-refractivity contribution in [2.45, 2.75) is 11.8 Å². The highest BCUT2D eigenvalue weighted by Gasteiger charge is 2.65. The van der Waals surface area contributed by atoms with Gasteiger partial charge in [-0.3, -0.25) is 5.10 Å². The van der Waals surface area contributed by atoms with Crippen molar-refractivity contribution >= 4 is 0 Å². The first-order valence-corrected chi connectivity index (χ1v) is 7.91. The number of nitrogens with one attached hydrogen (secondary N) is 3. The van der Waals surface area contributed by atoms with Crippen molar-refractivity contribution < 1.29 is 18.3 Å². The van der Waals surface area contributed by atoms with Crippen LogP contribution in [0.3, 0.4) is 0 Å². The first-order valence-electron chi connectivity index (χ1n) is 7.91. The number of aromatic nitrogens is 2. The summed E-state index contributed by atoms with van der Waals surface area (Å²) in [6, 6.07) is 12.4. The van der Waals surface area contributed by atoms with Crippen LogP contribution in [-0.2, 0) is 5.66 Å². The third-order valence-electron chi connectivity index (χ3n) is 4.45. The number of aromatic hydroxyl groups is 1. The maximum atomic E-state index is 13.1. The second-order valence-electron chi connectivity index (χ2n) is 6.12. The van der Waals surface area contributed by atoms with Gasteiger partial charge in [-0.05, 0) is 35.4 Å². The Morgan fingerprint density at radius 3 is 2.30 bits per heavy atom. The molecule has 2 heterocycles. The highest BCUT2D eigenvalue weighted by Crippen LogP contribution is 2.42. The van der Waals surface area contributed by atoms with Gasteiger partial charge in [0.15, 0.2) is 0 Å². The van der Waals surface area contributed by atoms with Gasteiger partial charge in [-0.15, -0.1) is 6.42 Å². The molecule has 5 nitrogen and oxygen atoms in total. The molecule has 1 fully saturated rings. The van der Waals surface area contributed by atoms with Crippen molar-refractivity contribution in [2.75, 3.05) is 0 Å². The van der Waals surface area contributed by atoms with E-state index < -0.39 is 11.8 Å². The molecule has 4 rings (SSSR count). The van der Waals surface area contributed by atoms with Gasteiger partial charge in [-0.25, -0.2) is 10.9 Å². The summed E-state index contributed by atoms with van der Waals surface area (Å²) < 4.78 is 39.3. The third-order valence-corrected chi connectivity index (χ3v) is 4.45. The summed E-state index contributed by atoms with van der Waals surface area (Å²) >= 11 is 0. The largest absolute Gasteiger partial charge is 0.507 e. The van der Waals surface area contributed by atoms with Crippen molar-refractivity contribution in [3.63, 3.8) is 0 Å². The van der Waals surface area contributed by atoms with Crippen LogP contribution in [0.15, 0.2) is 48.5 Å². The molecule has 1 aromatic heterocycles. The Hall–Kier alpha value is -3.28. The number of nitrogens with zero attached hydrogens (tertiary/aromatic N) is 1. The summed E-state index contributed by atoms with van der Waals surface area (Å²) in [6.07, 6.45) is 0.853. The zero-order chi connectivity index (χ0) is 19.2. The van der Waals surface area contributed by atoms with Crippen LogP contribution in [0.1, 0.15) is 11.1 Å². The molecule has 0 radical (unpaired) electrons. The number of H-pyrrole nitrogens is 1. The topological polar surface area (TPSA) is 92.8 Å². The van der Waals surface area contributed by atoms with Gasteiger partial charge < -0.3 is 5.11 Å². The van der Waals surface area contributed by atoms with E-state index in [9.17, 15) is 18.3 Å². The lowest BCUT2D eigenvalue weighted by Gasteiger charge is -2.16. The van der Waals surface area contributed by atoms with Crippen molar-refractivity contribution in [3.05, 3.63) is 59.7 Å². The van der Waals surface area contributed by atoms with Crippen LogP contribution >= 0.6 is 0 Å². The Kier molecular flexibility index (Phi) is 3.73. The second-order valence-corrected chi connectivity index (χ2v) is 6.12. The Morgan fingerprint density at radius 2 is 1.74 bits per heavy atom. The van der Waals surface area contributed by atoms with Gasteiger partial charge in [0.05, 0.1) is 11.4 Å². The minimum atomic E-state index is -4.45. The van der Waals surface area contributed by atoms with Gasteiger partial charge >= 0.3 is 6.18 Å². The highest BCUT2D eigenvalue weighted by molar-refractivity contribution is 5.73. The van der Waals surface area contributed by atoms with E-state index in [4.69, 9.17) is 6.42 Å². The summed E-state index contributed by atoms with van der Waals surface area (Å²) in [7, 11) is 0. The van der Waals surface area contributed by atoms with Crippen LogP contribution in [0.5, 0.6) is 5.75 Å². The number of halogens is 3. The van der Waals surface area contributed by atoms with Crippen molar-refractivity contribution in [1.82, 2.24) is 21.0 Å². The lowest BCUT2D eigenvalue weighted by molar-refractivity contribution is -0.165. The van der Waals surface area contributed by atoms with Crippen molar-refractivity contribution in [2.24, 2.45) is 0 Å². The molecule has 136 valence electrons. The fourth-order valence-corrected chi connectivity index (χ4v) is 2.86. The number of benzene rings is 2. The number of hydrazine groups is 1. The Labute approximate surface area is 152 Å². The van der Waals surface area contributed by atoms with Gasteiger partial charge in [0.25, 0.3) is 0 Å². The molecule has 4 N–H and O–H groups in total. The molecule has 0 spiro atoms. The molecule has 1 aliphatic heterocycles. The molecule has 0 amide bonds. The molecule has 0 bridgehead atoms. The number of aromatic amines is 1. The van der Waals surface area contributed by atoms with Crippen LogP contribution in [0.25, 0.3) is 22.5 Å². The minimum Gasteiger partial charge on any atom is -0.507 e. The number of alkyl halides is 3. The maximum Gasteiger partial charge on any atom is 0.426 e. The monoisotopic (exact) mass is 370 g/mol. The lowest BCUT2D eigenvalue weighted by atomic mass is 10.0. The molecule has 3 aromatic rings. The van der Waals surface area contributed by atoms with Gasteiger partial charge in [0, 0.05) is 11.1 Å². The number of phenolic OH excluding ortho intramolecular Hbond substituents is 1. The molecule has 0 saturated carbocycles. The van der Waals surface area contributed by atoms with E-state index in [-0.39, 0.29) is 11.3 Å². The van der Waals surface area contributed by atoms with E-state index in [1.54, 1.807) is 30.3 Å². The summed E-state index contributed by atoms with van der Waals surface area (Å²) in [5, 5.41) is 17.1. The van der Waals surface area contributed by atoms with E-state index in [0.29, 0.717) is 28.1 Å². The number of hydrogen-bond acceptors (Lipinski definition) is 4. The van der Waals surface area contributed by atoms with Gasteiger partial charge in [0.2, 0.25) is 5.66 Å². The molecular formula is C19H13F3N4O. The zero-order valence-electron chi connectivity index (χ0n) is 13.7. The van der Waals surface area contributed by atoms with Gasteiger partial charge in [0.1, 0.15) is 5.75 Å². The second kappa shape index (κ2) is 5.87. The zero-order valence-corrected chi connectivity index (χ0v) is 13.7. The first-order chi connectivity index (χ1) is 12.8. The van der Waals surface area contributed by atoms with E-state index in [1.165, 1.54) is 18.2 Å². The van der Waals surface area contributed by atoms with E-state index in [2.05, 4.69) is 27.0 Å². The predicted octanol–water partition coefficient (Wildman–Crippen LogP) is 3.25. The Morgan fingerprint density at radius 1 is 1.04 bits per heavy atom. The molecule has 0 unspecified atom stereocenters. The smallest absolute Gasteiger partial charge is 0.426 e. The van der Waals surface area contributed by atoms with Crippen LogP contribution in [-0.4, -0.2) is 21.5 Å². The molecule has 0 aliphatic carbocycles. The normalized spacial score (nSPS) is 15.3. The average Bonchev–Trinajstić information content (AvgIpc) is 3.34. The molecule has 1 saturated heterocycles. The van der Waals surface area contributed by atoms with Crippen LogP contribution in [0, 0.1) is 12.3 Å². The number of phenols is 1. The third kappa shape index (κ3) is 2.83. The number of hydrogen-bond donors (Lipinski definition) is 4. The van der Waals surface area contributed by atoms with E-state index >= 15 is 0 Å². The first kappa shape index (κ1) is 17.1. The summed E-state index contributed by atoms with van der Waals surface area (Å²) in [5.41, 5.74) is 5.02. The summed E-state index contributed by atoms with van der Waals surface area (Å²) in [6.45, 7) is 0. The van der Waals surface area contributed by atoms with Crippen LogP contribution in [0.2, 0.25) is 0 Å². The van der Waals surface area contributed by atoms with E-state index in [0.717, 1.165) is 0 Å². The molecular weight excluding hydrogens is 357 g/mol. The molecule has 2 aromatic carbocycles. The van der Waals surface area contributed by atoms with Crippen molar-refractivity contribution in [3.8, 4) is 40.6 Å². The summed E-state index contributed by atoms with van der Waals surface area (Å²) in [4.78, 5) is 0.